The summed E-state index contributed by atoms with van der Waals surface area (Å²) >= 11 is 0. The number of benzene rings is 1. The molecule has 0 fully saturated rings. The van der Waals surface area contributed by atoms with Crippen molar-refractivity contribution < 1.29 is 19.5 Å². The van der Waals surface area contributed by atoms with Crippen molar-refractivity contribution in [2.75, 3.05) is 0 Å². The third kappa shape index (κ3) is 2.05. The van der Waals surface area contributed by atoms with Crippen molar-refractivity contribution >= 4 is 17.8 Å². The molecule has 1 heterocycles. The topological polar surface area (TPSA) is 74.7 Å². The average Bonchev–Trinajstić information content (AvgIpc) is 2.68. The SMILES string of the molecule is C#CCC(CC)N1C(=O)c2ccc(C(=O)O)cc2C1=O. The van der Waals surface area contributed by atoms with Gasteiger partial charge >= 0.3 is 5.97 Å². The molecule has 2 rings (SSSR count). The highest BCUT2D eigenvalue weighted by Gasteiger charge is 2.39. The lowest BCUT2D eigenvalue weighted by molar-refractivity contribution is 0.0582. The molecule has 1 aliphatic heterocycles. The van der Waals surface area contributed by atoms with Crippen LogP contribution in [0.1, 0.15) is 50.8 Å². The summed E-state index contributed by atoms with van der Waals surface area (Å²) in [6.07, 6.45) is 6.10. The predicted molar refractivity (Wildman–Crippen MR) is 71.4 cm³/mol. The van der Waals surface area contributed by atoms with E-state index in [1.165, 1.54) is 18.2 Å². The van der Waals surface area contributed by atoms with Crippen LogP contribution in [-0.4, -0.2) is 33.8 Å². The number of carbonyl (C=O) groups is 3. The second-order valence-corrected chi connectivity index (χ2v) is 4.52. The number of nitrogens with zero attached hydrogens (tertiary/aromatic N) is 1. The molecular weight excluding hydrogens is 258 g/mol. The van der Waals surface area contributed by atoms with Crippen LogP contribution in [0.2, 0.25) is 0 Å². The predicted octanol–water partition coefficient (Wildman–Crippen LogP) is 1.78. The molecule has 1 atom stereocenters. The summed E-state index contributed by atoms with van der Waals surface area (Å²) in [5, 5.41) is 8.94. The minimum Gasteiger partial charge on any atom is -0.478 e. The zero-order chi connectivity index (χ0) is 14.9. The summed E-state index contributed by atoms with van der Waals surface area (Å²) < 4.78 is 0. The van der Waals surface area contributed by atoms with E-state index in [1.54, 1.807) is 0 Å². The average molecular weight is 271 g/mol. The summed E-state index contributed by atoms with van der Waals surface area (Å²) in [5.41, 5.74) is 0.345. The van der Waals surface area contributed by atoms with Crippen molar-refractivity contribution in [1.29, 1.82) is 0 Å². The van der Waals surface area contributed by atoms with Crippen LogP contribution in [0.25, 0.3) is 0 Å². The quantitative estimate of drug-likeness (QED) is 0.669. The monoisotopic (exact) mass is 271 g/mol. The number of carbonyl (C=O) groups excluding carboxylic acids is 2. The Bertz CT molecular complexity index is 642. The highest BCUT2D eigenvalue weighted by Crippen LogP contribution is 2.27. The number of carboxylic acids is 1. The van der Waals surface area contributed by atoms with Crippen molar-refractivity contribution in [2.45, 2.75) is 25.8 Å². The highest BCUT2D eigenvalue weighted by molar-refractivity contribution is 6.22. The molecule has 1 aromatic carbocycles. The molecule has 0 spiro atoms. The summed E-state index contributed by atoms with van der Waals surface area (Å²) in [7, 11) is 0. The number of imide groups is 1. The number of hydrogen-bond acceptors (Lipinski definition) is 3. The number of hydrogen-bond donors (Lipinski definition) is 1. The van der Waals surface area contributed by atoms with Crippen LogP contribution < -0.4 is 0 Å². The number of amides is 2. The van der Waals surface area contributed by atoms with Gasteiger partial charge in [0, 0.05) is 6.42 Å². The van der Waals surface area contributed by atoms with Gasteiger partial charge in [-0.15, -0.1) is 12.3 Å². The van der Waals surface area contributed by atoms with Gasteiger partial charge in [0.1, 0.15) is 0 Å². The first kappa shape index (κ1) is 13.8. The fourth-order valence-electron chi connectivity index (χ4n) is 2.28. The second kappa shape index (κ2) is 5.17. The third-order valence-corrected chi connectivity index (χ3v) is 3.35. The molecular formula is C15H13NO4. The minimum atomic E-state index is -1.14. The fraction of sp³-hybridized carbons (Fsp3) is 0.267. The zero-order valence-electron chi connectivity index (χ0n) is 10.9. The second-order valence-electron chi connectivity index (χ2n) is 4.52. The van der Waals surface area contributed by atoms with Crippen LogP contribution in [0.4, 0.5) is 0 Å². The maximum atomic E-state index is 12.3. The summed E-state index contributed by atoms with van der Waals surface area (Å²) in [6, 6.07) is 3.57. The van der Waals surface area contributed by atoms with E-state index in [-0.39, 0.29) is 29.2 Å². The van der Waals surface area contributed by atoms with E-state index in [4.69, 9.17) is 11.5 Å². The third-order valence-electron chi connectivity index (χ3n) is 3.35. The van der Waals surface area contributed by atoms with E-state index in [0.717, 1.165) is 4.90 Å². The normalized spacial score (nSPS) is 14.9. The molecule has 0 radical (unpaired) electrons. The van der Waals surface area contributed by atoms with Crippen LogP contribution >= 0.6 is 0 Å². The van der Waals surface area contributed by atoms with Crippen LogP contribution in [-0.2, 0) is 0 Å². The zero-order valence-corrected chi connectivity index (χ0v) is 10.9. The van der Waals surface area contributed by atoms with Gasteiger partial charge < -0.3 is 5.11 Å². The summed E-state index contributed by atoms with van der Waals surface area (Å²) in [6.45, 7) is 1.84. The number of fused-ring (bicyclic) bond motifs is 1. The molecule has 5 nitrogen and oxygen atoms in total. The van der Waals surface area contributed by atoms with Gasteiger partial charge in [-0.3, -0.25) is 14.5 Å². The first-order chi connectivity index (χ1) is 9.51. The molecule has 0 saturated heterocycles. The van der Waals surface area contributed by atoms with Gasteiger partial charge in [0.15, 0.2) is 0 Å². The van der Waals surface area contributed by atoms with E-state index >= 15 is 0 Å². The van der Waals surface area contributed by atoms with Crippen LogP contribution in [0.3, 0.4) is 0 Å². The Morgan fingerprint density at radius 3 is 2.55 bits per heavy atom. The maximum Gasteiger partial charge on any atom is 0.335 e. The van der Waals surface area contributed by atoms with E-state index in [2.05, 4.69) is 5.92 Å². The molecule has 0 bridgehead atoms. The Hall–Kier alpha value is -2.61. The number of terminal acetylenes is 1. The Balaban J connectivity index is 2.45. The number of carboxylic acid groups (broad SMARTS) is 1. The largest absolute Gasteiger partial charge is 0.478 e. The van der Waals surface area contributed by atoms with E-state index in [1.807, 2.05) is 6.92 Å². The Morgan fingerprint density at radius 2 is 2.00 bits per heavy atom. The molecule has 102 valence electrons. The summed E-state index contributed by atoms with van der Waals surface area (Å²) in [5.74, 6) is 0.426. The highest BCUT2D eigenvalue weighted by atomic mass is 16.4. The lowest BCUT2D eigenvalue weighted by Crippen LogP contribution is -2.39. The Morgan fingerprint density at radius 1 is 1.35 bits per heavy atom. The van der Waals surface area contributed by atoms with Gasteiger partial charge in [-0.2, -0.15) is 0 Å². The van der Waals surface area contributed by atoms with Crippen molar-refractivity contribution in [1.82, 2.24) is 4.90 Å². The van der Waals surface area contributed by atoms with Crippen molar-refractivity contribution in [3.8, 4) is 12.3 Å². The number of rotatable bonds is 4. The molecule has 1 unspecified atom stereocenters. The Labute approximate surface area is 116 Å². The van der Waals surface area contributed by atoms with Gasteiger partial charge in [0.05, 0.1) is 22.7 Å². The smallest absolute Gasteiger partial charge is 0.335 e. The molecule has 1 aliphatic rings. The lowest BCUT2D eigenvalue weighted by Gasteiger charge is -2.23. The van der Waals surface area contributed by atoms with Gasteiger partial charge in [-0.05, 0) is 24.6 Å². The van der Waals surface area contributed by atoms with Crippen LogP contribution in [0.15, 0.2) is 18.2 Å². The van der Waals surface area contributed by atoms with Crippen molar-refractivity contribution in [2.24, 2.45) is 0 Å². The standard InChI is InChI=1S/C15H13NO4/c1-3-5-10(4-2)16-13(17)11-7-6-9(15(19)20)8-12(11)14(16)18/h1,6-8,10H,4-5H2,2H3,(H,19,20). The van der Waals surface area contributed by atoms with Crippen molar-refractivity contribution in [3.05, 3.63) is 34.9 Å². The molecule has 1 N–H and O–H groups in total. The minimum absolute atomic E-state index is 0.0169. The molecule has 0 aliphatic carbocycles. The van der Waals surface area contributed by atoms with Crippen LogP contribution in [0, 0.1) is 12.3 Å². The first-order valence-electron chi connectivity index (χ1n) is 6.20. The van der Waals surface area contributed by atoms with Crippen LogP contribution in [0.5, 0.6) is 0 Å². The van der Waals surface area contributed by atoms with Crippen molar-refractivity contribution in [3.63, 3.8) is 0 Å². The number of aromatic carboxylic acids is 1. The van der Waals surface area contributed by atoms with Gasteiger partial charge in [-0.25, -0.2) is 4.79 Å². The first-order valence-corrected chi connectivity index (χ1v) is 6.20. The van der Waals surface area contributed by atoms with E-state index in [0.29, 0.717) is 6.42 Å². The lowest BCUT2D eigenvalue weighted by atomic mass is 10.1. The van der Waals surface area contributed by atoms with Gasteiger partial charge in [0.25, 0.3) is 11.8 Å². The molecule has 0 saturated carbocycles. The molecule has 5 heteroatoms. The Kier molecular flexibility index (Phi) is 3.57. The fourth-order valence-corrected chi connectivity index (χ4v) is 2.28. The summed E-state index contributed by atoms with van der Waals surface area (Å²) in [4.78, 5) is 36.6. The molecule has 1 aromatic rings. The van der Waals surface area contributed by atoms with E-state index in [9.17, 15) is 14.4 Å². The van der Waals surface area contributed by atoms with Gasteiger partial charge in [0.2, 0.25) is 0 Å². The van der Waals surface area contributed by atoms with E-state index < -0.39 is 17.8 Å². The van der Waals surface area contributed by atoms with Gasteiger partial charge in [-0.1, -0.05) is 6.92 Å². The molecule has 2 amide bonds. The molecule has 20 heavy (non-hydrogen) atoms. The maximum absolute atomic E-state index is 12.3. The molecule has 0 aromatic heterocycles.